The smallest absolute Gasteiger partial charge is 0.346 e. The zero-order valence-electron chi connectivity index (χ0n) is 17.0. The third-order valence-electron chi connectivity index (χ3n) is 4.16. The van der Waals surface area contributed by atoms with Gasteiger partial charge in [0.1, 0.15) is 0 Å². The lowest BCUT2D eigenvalue weighted by Gasteiger charge is -2.11. The van der Waals surface area contributed by atoms with Crippen LogP contribution in [0.3, 0.4) is 0 Å². The minimum absolute atomic E-state index is 0.0106. The number of nitrogens with one attached hydrogen (secondary N) is 1. The predicted molar refractivity (Wildman–Crippen MR) is 118 cm³/mol. The number of rotatable bonds is 9. The maximum absolute atomic E-state index is 12.7. The molecule has 0 aliphatic carbocycles. The van der Waals surface area contributed by atoms with Crippen LogP contribution in [-0.4, -0.2) is 35.1 Å². The van der Waals surface area contributed by atoms with E-state index in [1.165, 1.54) is 49.6 Å². The Morgan fingerprint density at radius 3 is 2.27 bits per heavy atom. The third-order valence-corrected chi connectivity index (χ3v) is 6.68. The monoisotopic (exact) mass is 491 g/mol. The molecule has 0 aliphatic heterocycles. The molecule has 0 bridgehead atoms. The number of nitrogens with zero attached hydrogens (tertiary/aromatic N) is 2. The molecule has 0 saturated heterocycles. The van der Waals surface area contributed by atoms with Gasteiger partial charge in [-0.05, 0) is 42.0 Å². The third kappa shape index (κ3) is 5.64. The van der Waals surface area contributed by atoms with E-state index in [1.807, 2.05) is 4.83 Å². The topological polar surface area (TPSA) is 154 Å². The van der Waals surface area contributed by atoms with Crippen LogP contribution < -0.4 is 13.8 Å². The number of para-hydroxylation sites is 1. The molecule has 0 atom stereocenters. The van der Waals surface area contributed by atoms with Crippen molar-refractivity contribution in [3.05, 3.63) is 88.5 Å². The highest BCUT2D eigenvalue weighted by Crippen LogP contribution is 2.32. The highest BCUT2D eigenvalue weighted by Gasteiger charge is 2.28. The number of hydrazone groups is 1. The molecule has 33 heavy (non-hydrogen) atoms. The summed E-state index contributed by atoms with van der Waals surface area (Å²) in [5.41, 5.74) is -0.385. The lowest BCUT2D eigenvalue weighted by molar-refractivity contribution is -0.387. The van der Waals surface area contributed by atoms with E-state index in [4.69, 9.17) is 8.92 Å². The molecule has 0 heterocycles. The van der Waals surface area contributed by atoms with Gasteiger partial charge in [0.2, 0.25) is 0 Å². The van der Waals surface area contributed by atoms with E-state index in [0.717, 1.165) is 18.3 Å². The van der Waals surface area contributed by atoms with Gasteiger partial charge < -0.3 is 8.92 Å². The first-order chi connectivity index (χ1) is 15.6. The van der Waals surface area contributed by atoms with Gasteiger partial charge in [0.15, 0.2) is 16.4 Å². The van der Waals surface area contributed by atoms with E-state index in [9.17, 15) is 26.9 Å². The van der Waals surface area contributed by atoms with Crippen LogP contribution in [0.2, 0.25) is 0 Å². The number of ether oxygens (including phenoxy) is 1. The standard InChI is InChI=1S/C20H17N3O8S2/c1-30-18-12-11-15(14-21-22-32(26,27)16-7-3-2-4-8-16)13-19(18)31-33(28,29)20-10-6-5-9-17(20)23(24)25/h2-14,22H,1H3/b21-14-. The highest BCUT2D eigenvalue weighted by molar-refractivity contribution is 7.89. The van der Waals surface area contributed by atoms with Crippen LogP contribution in [-0.2, 0) is 20.1 Å². The zero-order chi connectivity index (χ0) is 24.1. The number of benzene rings is 3. The Morgan fingerprint density at radius 1 is 0.939 bits per heavy atom. The molecule has 1 N–H and O–H groups in total. The molecular formula is C20H17N3O8S2. The second kappa shape index (κ2) is 9.67. The van der Waals surface area contributed by atoms with E-state index in [1.54, 1.807) is 18.2 Å². The molecule has 3 aromatic carbocycles. The summed E-state index contributed by atoms with van der Waals surface area (Å²) in [6, 6.07) is 16.4. The van der Waals surface area contributed by atoms with Crippen LogP contribution in [0, 0.1) is 10.1 Å². The van der Waals surface area contributed by atoms with Crippen LogP contribution in [0.25, 0.3) is 0 Å². The number of hydrogen-bond donors (Lipinski definition) is 1. The maximum atomic E-state index is 12.7. The molecule has 0 amide bonds. The zero-order valence-corrected chi connectivity index (χ0v) is 18.6. The molecule has 11 nitrogen and oxygen atoms in total. The van der Waals surface area contributed by atoms with Gasteiger partial charge >= 0.3 is 10.1 Å². The SMILES string of the molecule is COc1ccc(/C=N\NS(=O)(=O)c2ccccc2)cc1OS(=O)(=O)c1ccccc1[N+](=O)[O-]. The predicted octanol–water partition coefficient (Wildman–Crippen LogP) is 2.68. The molecule has 3 aromatic rings. The fourth-order valence-electron chi connectivity index (χ4n) is 2.64. The highest BCUT2D eigenvalue weighted by atomic mass is 32.2. The van der Waals surface area contributed by atoms with E-state index >= 15 is 0 Å². The van der Waals surface area contributed by atoms with Crippen molar-refractivity contribution in [2.75, 3.05) is 7.11 Å². The summed E-state index contributed by atoms with van der Waals surface area (Å²) in [6.07, 6.45) is 1.13. The fourth-order valence-corrected chi connectivity index (χ4v) is 4.56. The second-order valence-corrected chi connectivity index (χ2v) is 9.51. The lowest BCUT2D eigenvalue weighted by Crippen LogP contribution is -2.18. The van der Waals surface area contributed by atoms with Gasteiger partial charge in [-0.3, -0.25) is 10.1 Å². The van der Waals surface area contributed by atoms with Crippen molar-refractivity contribution in [3.63, 3.8) is 0 Å². The summed E-state index contributed by atoms with van der Waals surface area (Å²) < 4.78 is 60.0. The van der Waals surface area contributed by atoms with Crippen molar-refractivity contribution in [1.29, 1.82) is 0 Å². The summed E-state index contributed by atoms with van der Waals surface area (Å²) >= 11 is 0. The molecule has 0 saturated carbocycles. The fraction of sp³-hybridized carbons (Fsp3) is 0.0500. The normalized spacial score (nSPS) is 11.8. The number of methoxy groups -OCH3 is 1. The second-order valence-electron chi connectivity index (χ2n) is 6.34. The molecule has 0 unspecified atom stereocenters. The van der Waals surface area contributed by atoms with Crippen molar-refractivity contribution in [2.24, 2.45) is 5.10 Å². The van der Waals surface area contributed by atoms with Crippen LogP contribution in [0.5, 0.6) is 11.5 Å². The molecular weight excluding hydrogens is 474 g/mol. The Labute approximate surface area is 189 Å². The Morgan fingerprint density at radius 2 is 1.61 bits per heavy atom. The molecule has 3 rings (SSSR count). The quantitative estimate of drug-likeness (QED) is 0.207. The summed E-state index contributed by atoms with van der Waals surface area (Å²) in [4.78, 5) is 11.8. The Balaban J connectivity index is 1.87. The minimum atomic E-state index is -4.60. The summed E-state index contributed by atoms with van der Waals surface area (Å²) in [6.45, 7) is 0. The van der Waals surface area contributed by atoms with Gasteiger partial charge in [-0.1, -0.05) is 30.3 Å². The van der Waals surface area contributed by atoms with Gasteiger partial charge in [0.05, 0.1) is 23.1 Å². The first kappa shape index (κ1) is 23.7. The van der Waals surface area contributed by atoms with Crippen molar-refractivity contribution < 1.29 is 30.7 Å². The van der Waals surface area contributed by atoms with Crippen LogP contribution in [0.4, 0.5) is 5.69 Å². The Kier molecular flexibility index (Phi) is 6.94. The first-order valence-electron chi connectivity index (χ1n) is 9.10. The molecule has 0 spiro atoms. The average molecular weight is 492 g/mol. The first-order valence-corrected chi connectivity index (χ1v) is 12.0. The number of sulfonamides is 1. The largest absolute Gasteiger partial charge is 0.493 e. The van der Waals surface area contributed by atoms with Crippen LogP contribution in [0.15, 0.2) is 87.7 Å². The van der Waals surface area contributed by atoms with Gasteiger partial charge in [0.25, 0.3) is 15.7 Å². The van der Waals surface area contributed by atoms with E-state index in [-0.39, 0.29) is 22.0 Å². The molecule has 0 radical (unpaired) electrons. The van der Waals surface area contributed by atoms with Gasteiger partial charge in [-0.2, -0.15) is 21.9 Å². The molecule has 13 heteroatoms. The lowest BCUT2D eigenvalue weighted by atomic mass is 10.2. The van der Waals surface area contributed by atoms with E-state index in [2.05, 4.69) is 5.10 Å². The Hall–Kier alpha value is -3.97. The van der Waals surface area contributed by atoms with Crippen molar-refractivity contribution in [1.82, 2.24) is 4.83 Å². The van der Waals surface area contributed by atoms with Gasteiger partial charge in [0, 0.05) is 6.07 Å². The number of nitro benzene ring substituents is 1. The van der Waals surface area contributed by atoms with Gasteiger partial charge in [-0.15, -0.1) is 0 Å². The molecule has 0 aromatic heterocycles. The number of nitro groups is 1. The van der Waals surface area contributed by atoms with Crippen molar-refractivity contribution in [2.45, 2.75) is 9.79 Å². The van der Waals surface area contributed by atoms with Crippen LogP contribution in [0.1, 0.15) is 5.56 Å². The molecule has 0 aliphatic rings. The van der Waals surface area contributed by atoms with E-state index < -0.39 is 35.6 Å². The van der Waals surface area contributed by atoms with Crippen molar-refractivity contribution >= 4 is 32.0 Å². The van der Waals surface area contributed by atoms with Crippen molar-refractivity contribution in [3.8, 4) is 11.5 Å². The van der Waals surface area contributed by atoms with E-state index in [0.29, 0.717) is 0 Å². The average Bonchev–Trinajstić information content (AvgIpc) is 2.79. The Bertz CT molecular complexity index is 1410. The molecule has 0 fully saturated rings. The summed E-state index contributed by atoms with van der Waals surface area (Å²) in [5, 5.41) is 14.9. The summed E-state index contributed by atoms with van der Waals surface area (Å²) in [7, 11) is -7.21. The number of hydrogen-bond acceptors (Lipinski definition) is 9. The minimum Gasteiger partial charge on any atom is -0.493 e. The summed E-state index contributed by atoms with van der Waals surface area (Å²) in [5.74, 6) is -0.246. The molecule has 172 valence electrons. The maximum Gasteiger partial charge on any atom is 0.346 e. The van der Waals surface area contributed by atoms with Gasteiger partial charge in [-0.25, -0.2) is 4.83 Å². The van der Waals surface area contributed by atoms with Crippen LogP contribution >= 0.6 is 0 Å².